The number of halogens is 1. The summed E-state index contributed by atoms with van der Waals surface area (Å²) < 4.78 is 15.7. The third-order valence-electron chi connectivity index (χ3n) is 4.08. The van der Waals surface area contributed by atoms with Crippen molar-refractivity contribution in [3.8, 4) is 0 Å². The van der Waals surface area contributed by atoms with Gasteiger partial charge in [0.15, 0.2) is 0 Å². The molecule has 1 aliphatic heterocycles. The molecular weight excluding hydrogens is 346 g/mol. The van der Waals surface area contributed by atoms with Gasteiger partial charge in [0.1, 0.15) is 0 Å². The van der Waals surface area contributed by atoms with Crippen LogP contribution >= 0.6 is 11.6 Å². The second-order valence-electron chi connectivity index (χ2n) is 5.83. The number of carbonyl (C=O) groups excluding carboxylic acids is 2. The van der Waals surface area contributed by atoms with Crippen LogP contribution in [0.15, 0.2) is 18.2 Å². The minimum Gasteiger partial charge on any atom is -0.465 e. The Hall–Kier alpha value is -1.79. The predicted octanol–water partition coefficient (Wildman–Crippen LogP) is 3.83. The van der Waals surface area contributed by atoms with Gasteiger partial charge in [0.2, 0.25) is 0 Å². The lowest BCUT2D eigenvalue weighted by Crippen LogP contribution is -2.37. The van der Waals surface area contributed by atoms with Gasteiger partial charge in [-0.3, -0.25) is 4.90 Å². The first-order chi connectivity index (χ1) is 12.1. The molecule has 6 nitrogen and oxygen atoms in total. The number of carbonyl (C=O) groups is 2. The van der Waals surface area contributed by atoms with Gasteiger partial charge in [-0.25, -0.2) is 9.59 Å². The first-order valence-corrected chi connectivity index (χ1v) is 8.85. The number of hydrogen-bond donors (Lipinski definition) is 0. The molecule has 1 aromatic rings. The van der Waals surface area contributed by atoms with E-state index in [1.165, 1.54) is 7.11 Å². The summed E-state index contributed by atoms with van der Waals surface area (Å²) in [6.07, 6.45) is 2.16. The number of nitrogens with zero attached hydrogens (tertiary/aromatic N) is 1. The maximum atomic E-state index is 12.5. The van der Waals surface area contributed by atoms with E-state index in [9.17, 15) is 9.59 Å². The Labute approximate surface area is 153 Å². The number of benzene rings is 1. The summed E-state index contributed by atoms with van der Waals surface area (Å²) in [6.45, 7) is 3.88. The number of unbranched alkanes of at least 4 members (excludes halogenated alkanes) is 1. The largest absolute Gasteiger partial charge is 0.465 e. The van der Waals surface area contributed by atoms with Crippen LogP contribution in [0.5, 0.6) is 0 Å². The fourth-order valence-corrected chi connectivity index (χ4v) is 2.99. The number of hydrogen-bond acceptors (Lipinski definition) is 5. The van der Waals surface area contributed by atoms with Crippen molar-refractivity contribution in [3.05, 3.63) is 34.3 Å². The Bertz CT molecular complexity index is 607. The van der Waals surface area contributed by atoms with E-state index < -0.39 is 5.97 Å². The van der Waals surface area contributed by atoms with Crippen molar-refractivity contribution < 1.29 is 23.8 Å². The topological polar surface area (TPSA) is 65.1 Å². The van der Waals surface area contributed by atoms with Crippen molar-refractivity contribution in [2.75, 3.05) is 33.5 Å². The molecule has 25 heavy (non-hydrogen) atoms. The minimum absolute atomic E-state index is 0.334. The van der Waals surface area contributed by atoms with Gasteiger partial charge in [-0.15, -0.1) is 0 Å². The van der Waals surface area contributed by atoms with Crippen molar-refractivity contribution in [3.63, 3.8) is 0 Å². The molecule has 0 radical (unpaired) electrons. The molecule has 138 valence electrons. The minimum atomic E-state index is -0.457. The van der Waals surface area contributed by atoms with Gasteiger partial charge in [0.05, 0.1) is 31.9 Å². The maximum Gasteiger partial charge on any atom is 0.410 e. The zero-order valence-electron chi connectivity index (χ0n) is 14.6. The highest BCUT2D eigenvalue weighted by molar-refractivity contribution is 6.31. The van der Waals surface area contributed by atoms with Crippen molar-refractivity contribution in [2.45, 2.75) is 32.2 Å². The van der Waals surface area contributed by atoms with Gasteiger partial charge in [0.25, 0.3) is 0 Å². The molecule has 1 aromatic carbocycles. The van der Waals surface area contributed by atoms with Crippen molar-refractivity contribution in [1.29, 1.82) is 0 Å². The van der Waals surface area contributed by atoms with E-state index in [-0.39, 0.29) is 12.1 Å². The molecule has 7 heteroatoms. The second-order valence-corrected chi connectivity index (χ2v) is 6.24. The fraction of sp³-hybridized carbons (Fsp3) is 0.556. The van der Waals surface area contributed by atoms with Gasteiger partial charge >= 0.3 is 12.1 Å². The van der Waals surface area contributed by atoms with Crippen LogP contribution < -0.4 is 0 Å². The van der Waals surface area contributed by atoms with Crippen LogP contribution in [-0.2, 0) is 14.2 Å². The molecule has 0 bridgehead atoms. The molecule has 1 atom stereocenters. The summed E-state index contributed by atoms with van der Waals surface area (Å²) in [4.78, 5) is 25.8. The van der Waals surface area contributed by atoms with E-state index in [2.05, 4.69) is 0 Å². The molecule has 1 heterocycles. The van der Waals surface area contributed by atoms with Gasteiger partial charge in [0, 0.05) is 18.2 Å². The Balaban J connectivity index is 2.22. The third-order valence-corrected chi connectivity index (χ3v) is 4.41. The van der Waals surface area contributed by atoms with E-state index in [0.717, 1.165) is 24.8 Å². The highest BCUT2D eigenvalue weighted by Crippen LogP contribution is 2.31. The predicted molar refractivity (Wildman–Crippen MR) is 93.9 cm³/mol. The lowest BCUT2D eigenvalue weighted by Gasteiger charge is -2.29. The standard InChI is InChI=1S/C18H24ClNO5/c1-3-4-10-25-18(22)20-8-5-9-24-12-16(20)14-7-6-13(11-15(14)19)17(21)23-2/h6-7,11,16H,3-5,8-10,12H2,1-2H3. The lowest BCUT2D eigenvalue weighted by atomic mass is 10.0. The average molecular weight is 370 g/mol. The molecule has 0 spiro atoms. The summed E-state index contributed by atoms with van der Waals surface area (Å²) >= 11 is 6.37. The summed E-state index contributed by atoms with van der Waals surface area (Å²) in [5.74, 6) is -0.457. The average Bonchev–Trinajstić information content (AvgIpc) is 2.87. The van der Waals surface area contributed by atoms with Crippen LogP contribution in [0.3, 0.4) is 0 Å². The van der Waals surface area contributed by atoms with Crippen molar-refractivity contribution in [1.82, 2.24) is 4.90 Å². The summed E-state index contributed by atoms with van der Waals surface area (Å²) in [5, 5.41) is 0.393. The summed E-state index contributed by atoms with van der Waals surface area (Å²) in [5.41, 5.74) is 1.09. The van der Waals surface area contributed by atoms with Crippen molar-refractivity contribution >= 4 is 23.7 Å². The zero-order chi connectivity index (χ0) is 18.2. The lowest BCUT2D eigenvalue weighted by molar-refractivity contribution is 0.0599. The number of ether oxygens (including phenoxy) is 3. The maximum absolute atomic E-state index is 12.5. The van der Waals surface area contributed by atoms with Crippen molar-refractivity contribution in [2.24, 2.45) is 0 Å². The first-order valence-electron chi connectivity index (χ1n) is 8.47. The van der Waals surface area contributed by atoms with E-state index in [4.69, 9.17) is 25.8 Å². The number of methoxy groups -OCH3 is 1. The van der Waals surface area contributed by atoms with Gasteiger partial charge in [-0.1, -0.05) is 31.0 Å². The number of rotatable bonds is 5. The molecule has 0 aliphatic carbocycles. The normalized spacial score (nSPS) is 17.7. The summed E-state index contributed by atoms with van der Waals surface area (Å²) in [7, 11) is 1.32. The van der Waals surface area contributed by atoms with Gasteiger partial charge in [-0.05, 0) is 30.5 Å². The molecule has 1 aliphatic rings. The zero-order valence-corrected chi connectivity index (χ0v) is 15.4. The number of amides is 1. The van der Waals surface area contributed by atoms with Crippen LogP contribution in [-0.4, -0.2) is 50.4 Å². The molecular formula is C18H24ClNO5. The third kappa shape index (κ3) is 5.09. The van der Waals surface area contributed by atoms with Crippen LogP contribution in [0.2, 0.25) is 5.02 Å². The molecule has 2 rings (SSSR count). The quantitative estimate of drug-likeness (QED) is 0.583. The van der Waals surface area contributed by atoms with E-state index in [1.807, 2.05) is 6.92 Å². The van der Waals surface area contributed by atoms with Crippen LogP contribution in [0.25, 0.3) is 0 Å². The van der Waals surface area contributed by atoms with E-state index in [0.29, 0.717) is 37.0 Å². The smallest absolute Gasteiger partial charge is 0.410 e. The van der Waals surface area contributed by atoms with Gasteiger partial charge in [-0.2, -0.15) is 0 Å². The highest BCUT2D eigenvalue weighted by atomic mass is 35.5. The Morgan fingerprint density at radius 2 is 2.20 bits per heavy atom. The summed E-state index contributed by atoms with van der Waals surface area (Å²) in [6, 6.07) is 4.57. The van der Waals surface area contributed by atoms with Crippen LogP contribution in [0.1, 0.15) is 48.1 Å². The van der Waals surface area contributed by atoms with Crippen LogP contribution in [0, 0.1) is 0 Å². The Morgan fingerprint density at radius 3 is 2.88 bits per heavy atom. The fourth-order valence-electron chi connectivity index (χ4n) is 2.68. The molecule has 0 aromatic heterocycles. The molecule has 1 unspecified atom stereocenters. The van der Waals surface area contributed by atoms with E-state index in [1.54, 1.807) is 23.1 Å². The SMILES string of the molecule is CCCCOC(=O)N1CCCOCC1c1ccc(C(=O)OC)cc1Cl. The monoisotopic (exact) mass is 369 g/mol. The number of esters is 1. The Morgan fingerprint density at radius 1 is 1.40 bits per heavy atom. The molecule has 1 fully saturated rings. The van der Waals surface area contributed by atoms with E-state index >= 15 is 0 Å². The van der Waals surface area contributed by atoms with Crippen LogP contribution in [0.4, 0.5) is 4.79 Å². The molecule has 1 amide bonds. The first kappa shape index (κ1) is 19.5. The second kappa shape index (κ2) is 9.63. The highest BCUT2D eigenvalue weighted by Gasteiger charge is 2.30. The van der Waals surface area contributed by atoms with Gasteiger partial charge < -0.3 is 14.2 Å². The molecule has 0 saturated carbocycles. The molecule has 1 saturated heterocycles. The Kier molecular flexibility index (Phi) is 7.52. The molecule has 0 N–H and O–H groups in total.